The van der Waals surface area contributed by atoms with Crippen LogP contribution >= 0.6 is 0 Å². The topological polar surface area (TPSA) is 26.3 Å². The lowest BCUT2D eigenvalue weighted by Crippen LogP contribution is -2.24. The number of carbonyl (C=O) groups is 1. The first kappa shape index (κ1) is 12.7. The van der Waals surface area contributed by atoms with E-state index in [0.717, 1.165) is 25.9 Å². The van der Waals surface area contributed by atoms with E-state index in [4.69, 9.17) is 4.74 Å². The van der Waals surface area contributed by atoms with Crippen molar-refractivity contribution in [2.45, 2.75) is 59.5 Å². The van der Waals surface area contributed by atoms with Crippen molar-refractivity contribution in [1.29, 1.82) is 0 Å². The second kappa shape index (κ2) is 5.11. The Morgan fingerprint density at radius 1 is 1.40 bits per heavy atom. The average molecular weight is 212 g/mol. The number of carbonyl (C=O) groups excluding carboxylic acids is 1. The summed E-state index contributed by atoms with van der Waals surface area (Å²) in [6, 6.07) is 0. The van der Waals surface area contributed by atoms with Crippen molar-refractivity contribution in [1.82, 2.24) is 0 Å². The Balaban J connectivity index is 2.40. The molecule has 2 nitrogen and oxygen atoms in total. The van der Waals surface area contributed by atoms with Crippen LogP contribution in [0.1, 0.15) is 53.4 Å². The molecule has 1 fully saturated rings. The summed E-state index contributed by atoms with van der Waals surface area (Å²) < 4.78 is 5.55. The molecule has 0 radical (unpaired) electrons. The summed E-state index contributed by atoms with van der Waals surface area (Å²) in [5.41, 5.74) is 0.261. The monoisotopic (exact) mass is 212 g/mol. The number of ether oxygens (including phenoxy) is 1. The highest BCUT2D eigenvalue weighted by Gasteiger charge is 2.32. The largest absolute Gasteiger partial charge is 0.377 e. The van der Waals surface area contributed by atoms with Crippen molar-refractivity contribution in [2.75, 3.05) is 6.61 Å². The number of hydrogen-bond acceptors (Lipinski definition) is 2. The Kier molecular flexibility index (Phi) is 4.32. The van der Waals surface area contributed by atoms with Crippen LogP contribution < -0.4 is 0 Å². The number of Topliss-reactive ketones (excluding diaryl/α,β-unsaturated/α-hetero) is 1. The summed E-state index contributed by atoms with van der Waals surface area (Å²) in [7, 11) is 0. The van der Waals surface area contributed by atoms with Gasteiger partial charge >= 0.3 is 0 Å². The van der Waals surface area contributed by atoms with Crippen LogP contribution in [-0.2, 0) is 9.53 Å². The van der Waals surface area contributed by atoms with Crippen LogP contribution in [0, 0.1) is 11.3 Å². The Labute approximate surface area is 93.4 Å². The molecule has 0 N–H and O–H groups in total. The van der Waals surface area contributed by atoms with Gasteiger partial charge in [0.2, 0.25) is 0 Å². The average Bonchev–Trinajstić information content (AvgIpc) is 2.60. The van der Waals surface area contributed by atoms with Crippen molar-refractivity contribution in [2.24, 2.45) is 11.3 Å². The zero-order chi connectivity index (χ0) is 11.5. The third-order valence-electron chi connectivity index (χ3n) is 3.15. The predicted molar refractivity (Wildman–Crippen MR) is 61.8 cm³/mol. The summed E-state index contributed by atoms with van der Waals surface area (Å²) in [5.74, 6) is 0.589. The van der Waals surface area contributed by atoms with E-state index >= 15 is 0 Å². The summed E-state index contributed by atoms with van der Waals surface area (Å²) >= 11 is 0. The lowest BCUT2D eigenvalue weighted by molar-refractivity contribution is -0.125. The molecule has 2 unspecified atom stereocenters. The van der Waals surface area contributed by atoms with Crippen LogP contribution in [0.15, 0.2) is 0 Å². The maximum atomic E-state index is 12.0. The van der Waals surface area contributed by atoms with Crippen molar-refractivity contribution in [3.63, 3.8) is 0 Å². The third-order valence-corrected chi connectivity index (χ3v) is 3.15. The molecule has 0 aromatic carbocycles. The Morgan fingerprint density at radius 3 is 2.60 bits per heavy atom. The van der Waals surface area contributed by atoms with Crippen LogP contribution in [0.4, 0.5) is 0 Å². The van der Waals surface area contributed by atoms with Crippen LogP contribution in [0.5, 0.6) is 0 Å². The lowest BCUT2D eigenvalue weighted by atomic mass is 9.85. The standard InChI is InChI=1S/C13H24O2/c1-5-12-10(7-9-15-12)11(14)6-8-13(2,3)4/h10,12H,5-9H2,1-4H3. The molecule has 2 heteroatoms. The van der Waals surface area contributed by atoms with Gasteiger partial charge in [-0.25, -0.2) is 0 Å². The van der Waals surface area contributed by atoms with Gasteiger partial charge in [-0.2, -0.15) is 0 Å². The van der Waals surface area contributed by atoms with Gasteiger partial charge in [0.05, 0.1) is 6.10 Å². The molecule has 2 atom stereocenters. The summed E-state index contributed by atoms with van der Waals surface area (Å²) in [6.07, 6.45) is 3.79. The highest BCUT2D eigenvalue weighted by Crippen LogP contribution is 2.28. The van der Waals surface area contributed by atoms with Crippen LogP contribution in [0.25, 0.3) is 0 Å². The molecule has 0 aromatic rings. The van der Waals surface area contributed by atoms with Gasteiger partial charge in [-0.1, -0.05) is 27.7 Å². The van der Waals surface area contributed by atoms with Gasteiger partial charge in [0.15, 0.2) is 0 Å². The molecule has 0 aromatic heterocycles. The van der Waals surface area contributed by atoms with Gasteiger partial charge in [-0.05, 0) is 24.7 Å². The molecule has 0 aliphatic carbocycles. The first-order valence-corrected chi connectivity index (χ1v) is 6.08. The minimum Gasteiger partial charge on any atom is -0.377 e. The normalized spacial score (nSPS) is 26.9. The lowest BCUT2D eigenvalue weighted by Gasteiger charge is -2.20. The third kappa shape index (κ3) is 3.94. The molecule has 1 rings (SSSR count). The Morgan fingerprint density at radius 2 is 2.07 bits per heavy atom. The maximum Gasteiger partial charge on any atom is 0.138 e. The first-order valence-electron chi connectivity index (χ1n) is 6.08. The summed E-state index contributed by atoms with van der Waals surface area (Å²) in [6.45, 7) is 9.42. The van der Waals surface area contributed by atoms with Gasteiger partial charge in [-0.3, -0.25) is 4.79 Å². The van der Waals surface area contributed by atoms with E-state index in [2.05, 4.69) is 27.7 Å². The van der Waals surface area contributed by atoms with Crippen molar-refractivity contribution in [3.8, 4) is 0 Å². The van der Waals surface area contributed by atoms with Gasteiger partial charge in [-0.15, -0.1) is 0 Å². The minimum atomic E-state index is 0.178. The van der Waals surface area contributed by atoms with Crippen LogP contribution in [0.3, 0.4) is 0 Å². The van der Waals surface area contributed by atoms with E-state index in [0.29, 0.717) is 12.2 Å². The van der Waals surface area contributed by atoms with E-state index in [1.165, 1.54) is 0 Å². The van der Waals surface area contributed by atoms with Gasteiger partial charge in [0, 0.05) is 18.9 Å². The SMILES string of the molecule is CCC1OCCC1C(=O)CCC(C)(C)C. The van der Waals surface area contributed by atoms with E-state index < -0.39 is 0 Å². The maximum absolute atomic E-state index is 12.0. The molecular weight excluding hydrogens is 188 g/mol. The predicted octanol–water partition coefficient (Wildman–Crippen LogP) is 3.20. The molecule has 0 saturated carbocycles. The van der Waals surface area contributed by atoms with Crippen molar-refractivity contribution < 1.29 is 9.53 Å². The van der Waals surface area contributed by atoms with E-state index in [-0.39, 0.29) is 17.4 Å². The second-order valence-electron chi connectivity index (χ2n) is 5.74. The molecule has 1 saturated heterocycles. The van der Waals surface area contributed by atoms with Gasteiger partial charge < -0.3 is 4.74 Å². The molecule has 1 heterocycles. The number of hydrogen-bond donors (Lipinski definition) is 0. The van der Waals surface area contributed by atoms with Crippen LogP contribution in [0.2, 0.25) is 0 Å². The molecule has 0 spiro atoms. The first-order chi connectivity index (χ1) is 6.94. The van der Waals surface area contributed by atoms with E-state index in [1.807, 2.05) is 0 Å². The molecule has 0 bridgehead atoms. The van der Waals surface area contributed by atoms with Crippen LogP contribution in [-0.4, -0.2) is 18.5 Å². The zero-order valence-electron chi connectivity index (χ0n) is 10.5. The number of ketones is 1. The molecule has 1 aliphatic heterocycles. The smallest absolute Gasteiger partial charge is 0.138 e. The quantitative estimate of drug-likeness (QED) is 0.715. The summed E-state index contributed by atoms with van der Waals surface area (Å²) in [5, 5.41) is 0. The molecule has 88 valence electrons. The van der Waals surface area contributed by atoms with E-state index in [1.54, 1.807) is 0 Å². The highest BCUT2D eigenvalue weighted by atomic mass is 16.5. The van der Waals surface area contributed by atoms with Crippen molar-refractivity contribution >= 4 is 5.78 Å². The minimum absolute atomic E-state index is 0.178. The zero-order valence-corrected chi connectivity index (χ0v) is 10.5. The van der Waals surface area contributed by atoms with Gasteiger partial charge in [0.1, 0.15) is 5.78 Å². The van der Waals surface area contributed by atoms with Crippen molar-refractivity contribution in [3.05, 3.63) is 0 Å². The molecule has 15 heavy (non-hydrogen) atoms. The summed E-state index contributed by atoms with van der Waals surface area (Å²) in [4.78, 5) is 12.0. The molecule has 1 aliphatic rings. The number of rotatable bonds is 4. The molecule has 0 amide bonds. The van der Waals surface area contributed by atoms with Gasteiger partial charge in [0.25, 0.3) is 0 Å². The fourth-order valence-corrected chi connectivity index (χ4v) is 2.10. The Bertz CT molecular complexity index is 215. The highest BCUT2D eigenvalue weighted by molar-refractivity contribution is 5.81. The Hall–Kier alpha value is -0.370. The molecular formula is C13H24O2. The fourth-order valence-electron chi connectivity index (χ4n) is 2.10. The second-order valence-corrected chi connectivity index (χ2v) is 5.74. The van der Waals surface area contributed by atoms with E-state index in [9.17, 15) is 4.79 Å². The fraction of sp³-hybridized carbons (Fsp3) is 0.923.